The van der Waals surface area contributed by atoms with Crippen LogP contribution < -0.4 is 5.32 Å². The van der Waals surface area contributed by atoms with Gasteiger partial charge in [-0.25, -0.2) is 0 Å². The van der Waals surface area contributed by atoms with Crippen LogP contribution in [-0.2, 0) is 0 Å². The van der Waals surface area contributed by atoms with Gasteiger partial charge in [0.05, 0.1) is 0 Å². The van der Waals surface area contributed by atoms with Gasteiger partial charge in [-0.2, -0.15) is 0 Å². The van der Waals surface area contributed by atoms with E-state index < -0.39 is 0 Å². The zero-order chi connectivity index (χ0) is 8.39. The molecule has 3 saturated carbocycles. The van der Waals surface area contributed by atoms with Gasteiger partial charge in [0, 0.05) is 6.04 Å². The number of hydrogen-bond donors (Lipinski definition) is 1. The van der Waals surface area contributed by atoms with Crippen molar-refractivity contribution in [3.8, 4) is 0 Å². The van der Waals surface area contributed by atoms with E-state index in [1.54, 1.807) is 0 Å². The fraction of sp³-hybridized carbons (Fsp3) is 1.00. The van der Waals surface area contributed by atoms with Crippen molar-refractivity contribution in [1.82, 2.24) is 5.32 Å². The van der Waals surface area contributed by atoms with Crippen molar-refractivity contribution in [3.63, 3.8) is 0 Å². The summed E-state index contributed by atoms with van der Waals surface area (Å²) in [5.74, 6) is 2.06. The molecular weight excluding hydrogens is 146 g/mol. The van der Waals surface area contributed by atoms with Crippen LogP contribution in [0.15, 0.2) is 0 Å². The molecule has 1 heteroatoms. The lowest BCUT2D eigenvalue weighted by Gasteiger charge is -2.38. The Kier molecular flexibility index (Phi) is 2.69. The first-order valence-corrected chi connectivity index (χ1v) is 5.57. The molecule has 1 nitrogen and oxygen atoms in total. The molecule has 0 aromatic carbocycles. The summed E-state index contributed by atoms with van der Waals surface area (Å²) in [4.78, 5) is 0. The van der Waals surface area contributed by atoms with Crippen molar-refractivity contribution >= 4 is 0 Å². The summed E-state index contributed by atoms with van der Waals surface area (Å²) in [5, 5.41) is 3.50. The van der Waals surface area contributed by atoms with Crippen molar-refractivity contribution in [2.45, 2.75) is 51.0 Å². The Morgan fingerprint density at radius 2 is 1.83 bits per heavy atom. The van der Waals surface area contributed by atoms with Crippen molar-refractivity contribution < 1.29 is 0 Å². The van der Waals surface area contributed by atoms with Crippen molar-refractivity contribution in [1.29, 1.82) is 0 Å². The predicted octanol–water partition coefficient (Wildman–Crippen LogP) is 2.56. The molecule has 3 fully saturated rings. The van der Waals surface area contributed by atoms with Crippen molar-refractivity contribution in [2.75, 3.05) is 7.05 Å². The molecule has 0 saturated heterocycles. The molecule has 70 valence electrons. The fourth-order valence-corrected chi connectivity index (χ4v) is 3.12. The monoisotopic (exact) mass is 167 g/mol. The highest BCUT2D eigenvalue weighted by atomic mass is 14.9. The van der Waals surface area contributed by atoms with Crippen LogP contribution in [0.2, 0.25) is 0 Å². The molecule has 12 heavy (non-hydrogen) atoms. The second-order valence-electron chi connectivity index (χ2n) is 4.62. The van der Waals surface area contributed by atoms with E-state index in [2.05, 4.69) is 12.4 Å². The Bertz CT molecular complexity index is 140. The van der Waals surface area contributed by atoms with E-state index in [4.69, 9.17) is 0 Å². The molecule has 0 radical (unpaired) electrons. The van der Waals surface area contributed by atoms with Gasteiger partial charge in [0.1, 0.15) is 0 Å². The van der Waals surface area contributed by atoms with Crippen LogP contribution >= 0.6 is 0 Å². The Morgan fingerprint density at radius 3 is 2.67 bits per heavy atom. The average Bonchev–Trinajstić information content (AvgIpc) is 2.05. The highest BCUT2D eigenvalue weighted by molar-refractivity contribution is 4.86. The lowest BCUT2D eigenvalue weighted by Crippen LogP contribution is -2.40. The van der Waals surface area contributed by atoms with Gasteiger partial charge in [0.2, 0.25) is 0 Å². The topological polar surface area (TPSA) is 12.0 Å². The molecule has 0 amide bonds. The van der Waals surface area contributed by atoms with Gasteiger partial charge in [-0.3, -0.25) is 0 Å². The summed E-state index contributed by atoms with van der Waals surface area (Å²) in [6, 6.07) is 0.851. The zero-order valence-corrected chi connectivity index (χ0v) is 8.18. The minimum atomic E-state index is 0.851. The van der Waals surface area contributed by atoms with E-state index in [1.807, 2.05) is 0 Å². The van der Waals surface area contributed by atoms with Gasteiger partial charge in [0.25, 0.3) is 0 Å². The smallest absolute Gasteiger partial charge is 0.00949 e. The Labute approximate surface area is 75.9 Å². The number of nitrogens with one attached hydrogen (secondary N) is 1. The largest absolute Gasteiger partial charge is 0.317 e. The van der Waals surface area contributed by atoms with Gasteiger partial charge < -0.3 is 5.32 Å². The van der Waals surface area contributed by atoms with Gasteiger partial charge in [-0.05, 0) is 38.1 Å². The maximum absolute atomic E-state index is 3.50. The first kappa shape index (κ1) is 8.55. The highest BCUT2D eigenvalue weighted by Gasteiger charge is 2.30. The molecule has 3 rings (SSSR count). The van der Waals surface area contributed by atoms with E-state index in [0.29, 0.717) is 0 Å². The molecule has 2 bridgehead atoms. The second-order valence-corrected chi connectivity index (χ2v) is 4.62. The highest BCUT2D eigenvalue weighted by Crippen LogP contribution is 2.37. The van der Waals surface area contributed by atoms with Crippen LogP contribution in [-0.4, -0.2) is 13.1 Å². The first-order chi connectivity index (χ1) is 5.90. The molecule has 1 N–H and O–H groups in total. The average molecular weight is 167 g/mol. The standard InChI is InChI=1S/C11H21N/c1-12-11-8-9-4-2-3-5-10(11)7-6-9/h9-12H,2-8H2,1H3. The van der Waals surface area contributed by atoms with Crippen molar-refractivity contribution in [2.24, 2.45) is 11.8 Å². The molecule has 0 aliphatic heterocycles. The third-order valence-electron chi connectivity index (χ3n) is 3.91. The Morgan fingerprint density at radius 1 is 1.00 bits per heavy atom. The molecule has 3 aliphatic rings. The van der Waals surface area contributed by atoms with E-state index in [0.717, 1.165) is 17.9 Å². The summed E-state index contributed by atoms with van der Waals surface area (Å²) >= 11 is 0. The van der Waals surface area contributed by atoms with Gasteiger partial charge in [0.15, 0.2) is 0 Å². The maximum Gasteiger partial charge on any atom is 0.00949 e. The van der Waals surface area contributed by atoms with E-state index in [1.165, 1.54) is 44.9 Å². The Balaban J connectivity index is 2.00. The van der Waals surface area contributed by atoms with Crippen LogP contribution in [0.25, 0.3) is 0 Å². The molecule has 3 atom stereocenters. The summed E-state index contributed by atoms with van der Waals surface area (Å²) in [7, 11) is 2.14. The summed E-state index contributed by atoms with van der Waals surface area (Å²) < 4.78 is 0. The van der Waals surface area contributed by atoms with Gasteiger partial charge in [-0.1, -0.05) is 25.7 Å². The molecule has 3 unspecified atom stereocenters. The van der Waals surface area contributed by atoms with Crippen LogP contribution in [0, 0.1) is 11.8 Å². The van der Waals surface area contributed by atoms with Crippen LogP contribution in [0.5, 0.6) is 0 Å². The van der Waals surface area contributed by atoms with E-state index in [9.17, 15) is 0 Å². The maximum atomic E-state index is 3.50. The molecule has 0 aromatic heterocycles. The van der Waals surface area contributed by atoms with E-state index >= 15 is 0 Å². The summed E-state index contributed by atoms with van der Waals surface area (Å²) in [6.45, 7) is 0. The predicted molar refractivity (Wildman–Crippen MR) is 52.1 cm³/mol. The molecule has 3 aliphatic carbocycles. The lowest BCUT2D eigenvalue weighted by atomic mass is 9.72. The number of fused-ring (bicyclic) bond motifs is 5. The van der Waals surface area contributed by atoms with E-state index in [-0.39, 0.29) is 0 Å². The minimum absolute atomic E-state index is 0.851. The van der Waals surface area contributed by atoms with Crippen LogP contribution in [0.1, 0.15) is 44.9 Å². The lowest BCUT2D eigenvalue weighted by molar-refractivity contribution is 0.168. The third kappa shape index (κ3) is 1.66. The quantitative estimate of drug-likeness (QED) is 0.633. The molecule has 0 heterocycles. The van der Waals surface area contributed by atoms with Gasteiger partial charge in [-0.15, -0.1) is 0 Å². The molecular formula is C11H21N. The van der Waals surface area contributed by atoms with Crippen LogP contribution in [0.4, 0.5) is 0 Å². The third-order valence-corrected chi connectivity index (χ3v) is 3.91. The Hall–Kier alpha value is -0.0400. The normalized spacial score (nSPS) is 42.2. The SMILES string of the molecule is CNC1CC2CCCCC1CC2. The first-order valence-electron chi connectivity index (χ1n) is 5.57. The number of hydrogen-bond acceptors (Lipinski definition) is 1. The zero-order valence-electron chi connectivity index (χ0n) is 8.18. The van der Waals surface area contributed by atoms with Gasteiger partial charge >= 0.3 is 0 Å². The molecule has 0 spiro atoms. The van der Waals surface area contributed by atoms with Crippen LogP contribution in [0.3, 0.4) is 0 Å². The summed E-state index contributed by atoms with van der Waals surface area (Å²) in [5.41, 5.74) is 0. The van der Waals surface area contributed by atoms with Crippen molar-refractivity contribution in [3.05, 3.63) is 0 Å². The summed E-state index contributed by atoms with van der Waals surface area (Å²) in [6.07, 6.45) is 10.4. The second kappa shape index (κ2) is 3.78. The molecule has 0 aromatic rings. The fourth-order valence-electron chi connectivity index (χ4n) is 3.12. The number of rotatable bonds is 1. The minimum Gasteiger partial charge on any atom is -0.317 e.